The Bertz CT molecular complexity index is 1080. The topological polar surface area (TPSA) is 145 Å². The van der Waals surface area contributed by atoms with Gasteiger partial charge in [0, 0.05) is 29.9 Å². The van der Waals surface area contributed by atoms with Crippen molar-refractivity contribution in [2.24, 2.45) is 4.99 Å². The second-order valence-corrected chi connectivity index (χ2v) is 6.96. The molecule has 2 aromatic carbocycles. The number of nitrogens with one attached hydrogen (secondary N) is 4. The van der Waals surface area contributed by atoms with Crippen molar-refractivity contribution in [3.8, 4) is 6.19 Å². The van der Waals surface area contributed by atoms with Gasteiger partial charge in [0.2, 0.25) is 11.9 Å². The molecule has 0 aliphatic carbocycles. The number of benzene rings is 2. The number of nitriles is 1. The van der Waals surface area contributed by atoms with E-state index in [1.807, 2.05) is 19.1 Å². The third-order valence-corrected chi connectivity index (χ3v) is 4.48. The number of amides is 2. The van der Waals surface area contributed by atoms with Crippen LogP contribution in [-0.4, -0.2) is 43.4 Å². The summed E-state index contributed by atoms with van der Waals surface area (Å²) in [6.45, 7) is 4.13. The van der Waals surface area contributed by atoms with Crippen LogP contribution in [0.3, 0.4) is 0 Å². The Labute approximate surface area is 198 Å². The molecule has 10 nitrogen and oxygen atoms in total. The normalized spacial score (nSPS) is 10.6. The predicted octanol–water partition coefficient (Wildman–Crippen LogP) is 2.41. The fraction of sp³-hybridized carbons (Fsp3) is 0.292. The number of rotatable bonds is 10. The minimum absolute atomic E-state index is 0.205. The number of hydrogen-bond donors (Lipinski definition) is 4. The lowest BCUT2D eigenvalue weighted by Crippen LogP contribution is -2.33. The van der Waals surface area contributed by atoms with Crippen LogP contribution in [0, 0.1) is 11.5 Å². The summed E-state index contributed by atoms with van der Waals surface area (Å²) in [6.07, 6.45) is 2.42. The average Bonchev–Trinajstić information content (AvgIpc) is 2.82. The van der Waals surface area contributed by atoms with Gasteiger partial charge >= 0.3 is 5.97 Å². The van der Waals surface area contributed by atoms with E-state index >= 15 is 0 Å². The Morgan fingerprint density at radius 3 is 2.59 bits per heavy atom. The summed E-state index contributed by atoms with van der Waals surface area (Å²) in [6, 6.07) is 13.7. The number of nitrogens with zero attached hydrogens (tertiary/aromatic N) is 2. The van der Waals surface area contributed by atoms with E-state index in [2.05, 4.69) is 26.3 Å². The smallest absolute Gasteiger partial charge is 0.306 e. The standard InChI is InChI=1S/C24H28N6O4/c1-3-26-24(28-16-25)29-19-10-7-9-18(14-19)23(33)27-15-21(31)30-20-11-6-5-8-17(20)12-13-22(32)34-4-2/h5-11,14H,3-4,12-13,15H2,1-2H3,(H,27,33)(H,30,31)(H2,26,28,29). The first-order chi connectivity index (χ1) is 16.5. The van der Waals surface area contributed by atoms with Crippen LogP contribution < -0.4 is 21.3 Å². The Balaban J connectivity index is 1.94. The summed E-state index contributed by atoms with van der Waals surface area (Å²) in [5.74, 6) is -0.869. The van der Waals surface area contributed by atoms with Crippen LogP contribution in [0.4, 0.5) is 11.4 Å². The molecule has 0 heterocycles. The maximum atomic E-state index is 12.5. The zero-order valence-corrected chi connectivity index (χ0v) is 19.2. The average molecular weight is 465 g/mol. The van der Waals surface area contributed by atoms with Crippen molar-refractivity contribution in [1.29, 1.82) is 5.26 Å². The molecular weight excluding hydrogens is 436 g/mol. The molecule has 0 radical (unpaired) electrons. The maximum absolute atomic E-state index is 12.5. The fourth-order valence-corrected chi connectivity index (χ4v) is 2.98. The molecule has 0 fully saturated rings. The van der Waals surface area contributed by atoms with Crippen LogP contribution in [0.25, 0.3) is 0 Å². The van der Waals surface area contributed by atoms with Crippen LogP contribution in [0.1, 0.15) is 36.2 Å². The Morgan fingerprint density at radius 1 is 1.06 bits per heavy atom. The van der Waals surface area contributed by atoms with E-state index in [0.717, 1.165) is 5.56 Å². The maximum Gasteiger partial charge on any atom is 0.306 e. The summed E-state index contributed by atoms with van der Waals surface area (Å²) < 4.78 is 4.94. The van der Waals surface area contributed by atoms with E-state index in [-0.39, 0.29) is 24.9 Å². The van der Waals surface area contributed by atoms with Gasteiger partial charge in [-0.3, -0.25) is 24.7 Å². The molecule has 0 unspecified atom stereocenters. The van der Waals surface area contributed by atoms with Crippen LogP contribution >= 0.6 is 0 Å². The summed E-state index contributed by atoms with van der Waals surface area (Å²) in [4.78, 5) is 40.7. The van der Waals surface area contributed by atoms with E-state index in [0.29, 0.717) is 36.5 Å². The minimum Gasteiger partial charge on any atom is -0.466 e. The van der Waals surface area contributed by atoms with Gasteiger partial charge in [0.15, 0.2) is 6.19 Å². The lowest BCUT2D eigenvalue weighted by atomic mass is 10.1. The highest BCUT2D eigenvalue weighted by Gasteiger charge is 2.12. The molecule has 0 atom stereocenters. The zero-order chi connectivity index (χ0) is 24.8. The van der Waals surface area contributed by atoms with Crippen LogP contribution in [-0.2, 0) is 20.7 Å². The number of carbonyl (C=O) groups is 3. The van der Waals surface area contributed by atoms with E-state index in [4.69, 9.17) is 10.00 Å². The zero-order valence-electron chi connectivity index (χ0n) is 19.2. The van der Waals surface area contributed by atoms with Gasteiger partial charge in [0.1, 0.15) is 0 Å². The highest BCUT2D eigenvalue weighted by Crippen LogP contribution is 2.17. The molecule has 178 valence electrons. The Kier molecular flexibility index (Phi) is 10.6. The number of anilines is 2. The molecule has 0 saturated carbocycles. The number of ether oxygens (including phenoxy) is 1. The predicted molar refractivity (Wildman–Crippen MR) is 129 cm³/mol. The number of carbonyl (C=O) groups excluding carboxylic acids is 3. The van der Waals surface area contributed by atoms with Crippen molar-refractivity contribution in [2.75, 3.05) is 30.3 Å². The lowest BCUT2D eigenvalue weighted by molar-refractivity contribution is -0.143. The van der Waals surface area contributed by atoms with Crippen molar-refractivity contribution in [2.45, 2.75) is 26.7 Å². The number of hydrogen-bond acceptors (Lipinski definition) is 6. The monoisotopic (exact) mass is 464 g/mol. The fourth-order valence-electron chi connectivity index (χ4n) is 2.98. The second-order valence-electron chi connectivity index (χ2n) is 6.96. The molecule has 2 aromatic rings. The van der Waals surface area contributed by atoms with Gasteiger partial charge in [-0.15, -0.1) is 0 Å². The van der Waals surface area contributed by atoms with Crippen LogP contribution in [0.5, 0.6) is 0 Å². The second kappa shape index (κ2) is 13.9. The van der Waals surface area contributed by atoms with Crippen molar-refractivity contribution in [3.05, 3.63) is 59.7 Å². The first-order valence-corrected chi connectivity index (χ1v) is 10.8. The molecule has 0 aliphatic rings. The molecule has 0 spiro atoms. The molecule has 0 aliphatic heterocycles. The van der Waals surface area contributed by atoms with E-state index in [9.17, 15) is 14.4 Å². The minimum atomic E-state index is -0.434. The molecule has 0 saturated heterocycles. The summed E-state index contributed by atoms with van der Waals surface area (Å²) in [5, 5.41) is 19.5. The summed E-state index contributed by atoms with van der Waals surface area (Å²) in [5.41, 5.74) is 2.26. The van der Waals surface area contributed by atoms with Gasteiger partial charge in [-0.25, -0.2) is 0 Å². The number of esters is 1. The quantitative estimate of drug-likeness (QED) is 0.139. The van der Waals surface area contributed by atoms with Crippen molar-refractivity contribution >= 4 is 35.1 Å². The third kappa shape index (κ3) is 8.63. The molecule has 2 rings (SSSR count). The van der Waals surface area contributed by atoms with Crippen molar-refractivity contribution < 1.29 is 19.1 Å². The van der Waals surface area contributed by atoms with Gasteiger partial charge < -0.3 is 20.7 Å². The van der Waals surface area contributed by atoms with Gasteiger partial charge in [0.05, 0.1) is 13.2 Å². The number of aryl methyl sites for hydroxylation is 1. The summed E-state index contributed by atoms with van der Waals surface area (Å²) >= 11 is 0. The highest BCUT2D eigenvalue weighted by molar-refractivity contribution is 6.01. The van der Waals surface area contributed by atoms with E-state index in [1.54, 1.807) is 49.5 Å². The summed E-state index contributed by atoms with van der Waals surface area (Å²) in [7, 11) is 0. The van der Waals surface area contributed by atoms with E-state index in [1.165, 1.54) is 0 Å². The highest BCUT2D eigenvalue weighted by atomic mass is 16.5. The van der Waals surface area contributed by atoms with Crippen LogP contribution in [0.15, 0.2) is 53.5 Å². The molecular formula is C24H28N6O4. The Hall–Kier alpha value is -4.39. The number of para-hydroxylation sites is 1. The first kappa shape index (κ1) is 25.9. The lowest BCUT2D eigenvalue weighted by Gasteiger charge is -2.12. The number of aliphatic imine (C=N–C) groups is 1. The molecule has 0 aromatic heterocycles. The third-order valence-electron chi connectivity index (χ3n) is 4.48. The van der Waals surface area contributed by atoms with Gasteiger partial charge in [-0.2, -0.15) is 5.26 Å². The molecule has 4 N–H and O–H groups in total. The first-order valence-electron chi connectivity index (χ1n) is 10.8. The van der Waals surface area contributed by atoms with Gasteiger partial charge in [0.25, 0.3) is 5.91 Å². The van der Waals surface area contributed by atoms with E-state index < -0.39 is 11.8 Å². The SMILES string of the molecule is CCN=C(NC#N)Nc1cccc(C(=O)NCC(=O)Nc2ccccc2CCC(=O)OCC)c1. The molecule has 34 heavy (non-hydrogen) atoms. The van der Waals surface area contributed by atoms with Crippen LogP contribution in [0.2, 0.25) is 0 Å². The number of guanidine groups is 1. The van der Waals surface area contributed by atoms with Gasteiger partial charge in [-0.1, -0.05) is 24.3 Å². The molecule has 10 heteroatoms. The van der Waals surface area contributed by atoms with Crippen molar-refractivity contribution in [1.82, 2.24) is 10.6 Å². The molecule has 0 bridgehead atoms. The molecule has 2 amide bonds. The largest absolute Gasteiger partial charge is 0.466 e. The van der Waals surface area contributed by atoms with Crippen molar-refractivity contribution in [3.63, 3.8) is 0 Å². The van der Waals surface area contributed by atoms with Gasteiger partial charge in [-0.05, 0) is 50.1 Å². The Morgan fingerprint density at radius 2 is 1.85 bits per heavy atom.